The molecule has 0 unspecified atom stereocenters. The second-order valence-corrected chi connectivity index (χ2v) is 6.43. The Balaban J connectivity index is 2.02. The predicted molar refractivity (Wildman–Crippen MR) is 105 cm³/mol. The first kappa shape index (κ1) is 17.0. The quantitative estimate of drug-likeness (QED) is 0.471. The number of carbonyl (C=O) groups is 1. The summed E-state index contributed by atoms with van der Waals surface area (Å²) in [6, 6.07) is 23.3. The summed E-state index contributed by atoms with van der Waals surface area (Å²) in [4.78, 5) is 11.3. The summed E-state index contributed by atoms with van der Waals surface area (Å²) >= 11 is 3.40. The van der Waals surface area contributed by atoms with Gasteiger partial charge in [-0.2, -0.15) is 0 Å². The van der Waals surface area contributed by atoms with Crippen LogP contribution in [0.5, 0.6) is 0 Å². The molecule has 25 heavy (non-hydrogen) atoms. The van der Waals surface area contributed by atoms with Gasteiger partial charge in [0, 0.05) is 16.2 Å². The minimum Gasteiger partial charge on any atom is -0.478 e. The van der Waals surface area contributed by atoms with Crippen molar-refractivity contribution in [1.82, 2.24) is 0 Å². The van der Waals surface area contributed by atoms with Crippen LogP contribution >= 0.6 is 15.9 Å². The number of hydrogen-bond acceptors (Lipinski definition) is 2. The predicted octanol–water partition coefficient (Wildman–Crippen LogP) is 5.21. The molecule has 3 aromatic carbocycles. The molecule has 0 radical (unpaired) electrons. The first-order valence-electron chi connectivity index (χ1n) is 7.70. The summed E-state index contributed by atoms with van der Waals surface area (Å²) < 4.78 is 0.738. The summed E-state index contributed by atoms with van der Waals surface area (Å²) in [7, 11) is 0. The summed E-state index contributed by atoms with van der Waals surface area (Å²) in [5, 5.41) is 9.25. The van der Waals surface area contributed by atoms with Gasteiger partial charge in [0.2, 0.25) is 0 Å². The van der Waals surface area contributed by atoms with Gasteiger partial charge in [0.05, 0.1) is 0 Å². The number of hydrogen-bond donors (Lipinski definition) is 2. The fourth-order valence-electron chi connectivity index (χ4n) is 2.62. The number of nitrogens with two attached hydrogens (primary N) is 1. The number of halogens is 1. The Kier molecular flexibility index (Phi) is 5.00. The van der Waals surface area contributed by atoms with E-state index in [0.717, 1.165) is 26.7 Å². The van der Waals surface area contributed by atoms with Crippen molar-refractivity contribution >= 4 is 33.2 Å². The van der Waals surface area contributed by atoms with Gasteiger partial charge < -0.3 is 10.8 Å². The average Bonchev–Trinajstić information content (AvgIpc) is 2.63. The molecule has 3 rings (SSSR count). The lowest BCUT2D eigenvalue weighted by Gasteiger charge is -2.11. The first-order chi connectivity index (χ1) is 12.0. The Morgan fingerprint density at radius 1 is 0.880 bits per heavy atom. The number of rotatable bonds is 4. The lowest BCUT2D eigenvalue weighted by atomic mass is 9.95. The number of carboxylic acid groups (broad SMARTS) is 1. The number of carboxylic acids is 1. The summed E-state index contributed by atoms with van der Waals surface area (Å²) in [6.45, 7) is 0. The Hall–Kier alpha value is -2.85. The highest BCUT2D eigenvalue weighted by Crippen LogP contribution is 2.30. The zero-order valence-electron chi connectivity index (χ0n) is 13.3. The maximum Gasteiger partial charge on any atom is 0.328 e. The molecule has 0 spiro atoms. The van der Waals surface area contributed by atoms with E-state index in [2.05, 4.69) is 15.9 Å². The van der Waals surface area contributed by atoms with E-state index in [-0.39, 0.29) is 0 Å². The highest BCUT2D eigenvalue weighted by molar-refractivity contribution is 9.10. The molecule has 0 aliphatic heterocycles. The standard InChI is InChI=1S/C21H16BrNO2/c22-19-12-17(10-11-20(19)23)18(13-21(24)25)16-8-6-15(7-9-16)14-4-2-1-3-5-14/h1-13H,23H2,(H,24,25). The SMILES string of the molecule is Nc1ccc(C(=CC(=O)O)c2ccc(-c3ccccc3)cc2)cc1Br. The Bertz CT molecular complexity index is 932. The Morgan fingerprint density at radius 3 is 2.08 bits per heavy atom. The Labute approximate surface area is 154 Å². The average molecular weight is 394 g/mol. The van der Waals surface area contributed by atoms with Gasteiger partial charge >= 0.3 is 5.97 Å². The molecule has 0 fully saturated rings. The van der Waals surface area contributed by atoms with Crippen LogP contribution in [0.15, 0.2) is 83.3 Å². The minimum atomic E-state index is -0.991. The van der Waals surface area contributed by atoms with Crippen LogP contribution in [-0.2, 0) is 4.79 Å². The fourth-order valence-corrected chi connectivity index (χ4v) is 3.00. The number of aliphatic carboxylic acids is 1. The highest BCUT2D eigenvalue weighted by atomic mass is 79.9. The van der Waals surface area contributed by atoms with Crippen molar-refractivity contribution in [2.75, 3.05) is 5.73 Å². The third-order valence-electron chi connectivity index (χ3n) is 3.88. The second kappa shape index (κ2) is 7.36. The maximum absolute atomic E-state index is 11.3. The summed E-state index contributed by atoms with van der Waals surface area (Å²) in [5.74, 6) is -0.991. The molecule has 3 nitrogen and oxygen atoms in total. The zero-order valence-corrected chi connectivity index (χ0v) is 14.9. The van der Waals surface area contributed by atoms with E-state index in [0.29, 0.717) is 11.3 Å². The van der Waals surface area contributed by atoms with Crippen molar-refractivity contribution in [1.29, 1.82) is 0 Å². The van der Waals surface area contributed by atoms with E-state index >= 15 is 0 Å². The maximum atomic E-state index is 11.3. The van der Waals surface area contributed by atoms with Crippen LogP contribution in [0.25, 0.3) is 16.7 Å². The van der Waals surface area contributed by atoms with E-state index in [1.807, 2.05) is 66.7 Å². The molecule has 3 aromatic rings. The van der Waals surface area contributed by atoms with E-state index < -0.39 is 5.97 Å². The van der Waals surface area contributed by atoms with Crippen molar-refractivity contribution in [2.45, 2.75) is 0 Å². The van der Waals surface area contributed by atoms with E-state index in [1.54, 1.807) is 6.07 Å². The topological polar surface area (TPSA) is 63.3 Å². The van der Waals surface area contributed by atoms with Crippen LogP contribution in [0.1, 0.15) is 11.1 Å². The molecule has 0 aliphatic carbocycles. The number of anilines is 1. The number of nitrogen functional groups attached to an aromatic ring is 1. The molecule has 0 bridgehead atoms. The van der Waals surface area contributed by atoms with Crippen LogP contribution < -0.4 is 5.73 Å². The molecule has 4 heteroatoms. The molecule has 0 aromatic heterocycles. The molecule has 0 atom stereocenters. The van der Waals surface area contributed by atoms with Crippen molar-refractivity contribution in [3.05, 3.63) is 94.5 Å². The van der Waals surface area contributed by atoms with Gasteiger partial charge in [0.1, 0.15) is 0 Å². The molecule has 0 amide bonds. The minimum absolute atomic E-state index is 0.609. The molecular formula is C21H16BrNO2. The van der Waals surface area contributed by atoms with Gasteiger partial charge in [-0.3, -0.25) is 0 Å². The van der Waals surface area contributed by atoms with Gasteiger partial charge in [-0.25, -0.2) is 4.79 Å². The van der Waals surface area contributed by atoms with Crippen LogP contribution in [0.2, 0.25) is 0 Å². The van der Waals surface area contributed by atoms with Gasteiger partial charge in [-0.1, -0.05) is 60.7 Å². The van der Waals surface area contributed by atoms with E-state index in [9.17, 15) is 9.90 Å². The summed E-state index contributed by atoms with van der Waals surface area (Å²) in [6.07, 6.45) is 1.22. The van der Waals surface area contributed by atoms with Crippen molar-refractivity contribution in [3.63, 3.8) is 0 Å². The molecule has 0 aliphatic rings. The van der Waals surface area contributed by atoms with Gasteiger partial charge in [0.15, 0.2) is 0 Å². The van der Waals surface area contributed by atoms with Crippen LogP contribution in [0, 0.1) is 0 Å². The molecule has 0 heterocycles. The van der Waals surface area contributed by atoms with E-state index in [1.165, 1.54) is 6.08 Å². The molecule has 124 valence electrons. The third-order valence-corrected chi connectivity index (χ3v) is 4.57. The fraction of sp³-hybridized carbons (Fsp3) is 0. The van der Waals surface area contributed by atoms with Crippen molar-refractivity contribution in [3.8, 4) is 11.1 Å². The van der Waals surface area contributed by atoms with Gasteiger partial charge in [-0.05, 0) is 55.9 Å². The molecule has 3 N–H and O–H groups in total. The monoisotopic (exact) mass is 393 g/mol. The van der Waals surface area contributed by atoms with Gasteiger partial charge in [-0.15, -0.1) is 0 Å². The van der Waals surface area contributed by atoms with Gasteiger partial charge in [0.25, 0.3) is 0 Å². The normalized spacial score (nSPS) is 11.3. The third kappa shape index (κ3) is 3.98. The number of benzene rings is 3. The second-order valence-electron chi connectivity index (χ2n) is 5.58. The molecular weight excluding hydrogens is 378 g/mol. The van der Waals surface area contributed by atoms with E-state index in [4.69, 9.17) is 5.73 Å². The molecule has 0 saturated heterocycles. The molecule has 0 saturated carbocycles. The van der Waals surface area contributed by atoms with Crippen molar-refractivity contribution < 1.29 is 9.90 Å². The smallest absolute Gasteiger partial charge is 0.328 e. The first-order valence-corrected chi connectivity index (χ1v) is 8.50. The Morgan fingerprint density at radius 2 is 1.48 bits per heavy atom. The summed E-state index contributed by atoms with van der Waals surface area (Å²) in [5.41, 5.74) is 10.9. The highest BCUT2D eigenvalue weighted by Gasteiger charge is 2.10. The lowest BCUT2D eigenvalue weighted by molar-refractivity contribution is -0.131. The van der Waals surface area contributed by atoms with Crippen molar-refractivity contribution in [2.24, 2.45) is 0 Å². The lowest BCUT2D eigenvalue weighted by Crippen LogP contribution is -1.96. The van der Waals surface area contributed by atoms with Crippen LogP contribution in [0.3, 0.4) is 0 Å². The van der Waals surface area contributed by atoms with Crippen LogP contribution in [-0.4, -0.2) is 11.1 Å². The van der Waals surface area contributed by atoms with Crippen LogP contribution in [0.4, 0.5) is 5.69 Å². The zero-order chi connectivity index (χ0) is 17.8. The largest absolute Gasteiger partial charge is 0.478 e.